The molecule has 1 N–H and O–H groups in total. The second-order valence-electron chi connectivity index (χ2n) is 5.41. The zero-order valence-electron chi connectivity index (χ0n) is 11.4. The van der Waals surface area contributed by atoms with E-state index < -0.39 is 5.54 Å². The van der Waals surface area contributed by atoms with Gasteiger partial charge in [0.25, 0.3) is 0 Å². The number of esters is 1. The summed E-state index contributed by atoms with van der Waals surface area (Å²) in [6.45, 7) is 2.14. The molecule has 4 heteroatoms. The average Bonchev–Trinajstić information content (AvgIpc) is 2.40. The van der Waals surface area contributed by atoms with Crippen LogP contribution in [0.2, 0.25) is 0 Å². The van der Waals surface area contributed by atoms with Crippen molar-refractivity contribution in [1.82, 2.24) is 0 Å². The first-order valence-electron chi connectivity index (χ1n) is 6.68. The highest BCUT2D eigenvalue weighted by Gasteiger charge is 2.42. The van der Waals surface area contributed by atoms with E-state index in [-0.39, 0.29) is 11.8 Å². The highest BCUT2D eigenvalue weighted by atomic mass is 19.1. The Kier molecular flexibility index (Phi) is 4.08. The number of halogens is 1. The molecule has 1 aromatic rings. The third-order valence-corrected chi connectivity index (χ3v) is 3.80. The van der Waals surface area contributed by atoms with Crippen molar-refractivity contribution in [2.24, 2.45) is 5.92 Å². The number of benzene rings is 1. The van der Waals surface area contributed by atoms with Crippen molar-refractivity contribution in [3.05, 3.63) is 30.1 Å². The summed E-state index contributed by atoms with van der Waals surface area (Å²) < 4.78 is 17.9. The van der Waals surface area contributed by atoms with Crippen molar-refractivity contribution in [3.63, 3.8) is 0 Å². The van der Waals surface area contributed by atoms with Gasteiger partial charge in [0.1, 0.15) is 11.4 Å². The lowest BCUT2D eigenvalue weighted by Crippen LogP contribution is -2.50. The molecule has 0 aromatic heterocycles. The number of carbonyl (C=O) groups is 1. The Morgan fingerprint density at radius 3 is 2.68 bits per heavy atom. The van der Waals surface area contributed by atoms with E-state index >= 15 is 0 Å². The first-order chi connectivity index (χ1) is 9.05. The van der Waals surface area contributed by atoms with E-state index in [2.05, 4.69) is 12.2 Å². The SMILES string of the molecule is COC(=O)C1(Nc2ccc(F)cc2)CCCC(C)C1. The standard InChI is InChI=1S/C15H20FNO2/c1-11-4-3-9-15(10-11,14(18)19-2)17-13-7-5-12(16)6-8-13/h5-8,11,17H,3-4,9-10H2,1-2H3. The molecule has 0 bridgehead atoms. The quantitative estimate of drug-likeness (QED) is 0.852. The lowest BCUT2D eigenvalue weighted by atomic mass is 9.76. The van der Waals surface area contributed by atoms with Crippen molar-refractivity contribution in [2.75, 3.05) is 12.4 Å². The minimum atomic E-state index is -0.676. The number of rotatable bonds is 3. The van der Waals surface area contributed by atoms with Crippen LogP contribution in [-0.4, -0.2) is 18.6 Å². The maximum atomic E-state index is 12.9. The summed E-state index contributed by atoms with van der Waals surface area (Å²) in [5.41, 5.74) is 0.0745. The summed E-state index contributed by atoms with van der Waals surface area (Å²) in [7, 11) is 1.41. The predicted octanol–water partition coefficient (Wildman–Crippen LogP) is 3.36. The lowest BCUT2D eigenvalue weighted by Gasteiger charge is -2.38. The van der Waals surface area contributed by atoms with E-state index in [0.717, 1.165) is 31.4 Å². The Balaban J connectivity index is 2.22. The third-order valence-electron chi connectivity index (χ3n) is 3.80. The van der Waals surface area contributed by atoms with Crippen LogP contribution in [-0.2, 0) is 9.53 Å². The summed E-state index contributed by atoms with van der Waals surface area (Å²) >= 11 is 0. The van der Waals surface area contributed by atoms with Gasteiger partial charge in [-0.3, -0.25) is 0 Å². The second-order valence-corrected chi connectivity index (χ2v) is 5.41. The van der Waals surface area contributed by atoms with Gasteiger partial charge in [-0.05, 0) is 43.0 Å². The molecular formula is C15H20FNO2. The van der Waals surface area contributed by atoms with Crippen LogP contribution in [0.4, 0.5) is 10.1 Å². The Hall–Kier alpha value is -1.58. The van der Waals surface area contributed by atoms with Gasteiger partial charge >= 0.3 is 5.97 Å². The molecular weight excluding hydrogens is 245 g/mol. The molecule has 1 saturated carbocycles. The summed E-state index contributed by atoms with van der Waals surface area (Å²) in [5, 5.41) is 3.26. The lowest BCUT2D eigenvalue weighted by molar-refractivity contribution is -0.147. The van der Waals surface area contributed by atoms with E-state index in [9.17, 15) is 9.18 Å². The molecule has 3 nitrogen and oxygen atoms in total. The molecule has 0 radical (unpaired) electrons. The van der Waals surface area contributed by atoms with Gasteiger partial charge in [-0.15, -0.1) is 0 Å². The fourth-order valence-corrected chi connectivity index (χ4v) is 2.91. The first kappa shape index (κ1) is 13.8. The van der Waals surface area contributed by atoms with Crippen LogP contribution < -0.4 is 5.32 Å². The highest BCUT2D eigenvalue weighted by Crippen LogP contribution is 2.36. The van der Waals surface area contributed by atoms with Crippen LogP contribution in [0.25, 0.3) is 0 Å². The average molecular weight is 265 g/mol. The first-order valence-corrected chi connectivity index (χ1v) is 6.68. The Labute approximate surface area is 113 Å². The number of carbonyl (C=O) groups excluding carboxylic acids is 1. The van der Waals surface area contributed by atoms with Gasteiger partial charge in [-0.2, -0.15) is 0 Å². The van der Waals surface area contributed by atoms with E-state index in [1.165, 1.54) is 19.2 Å². The highest BCUT2D eigenvalue weighted by molar-refractivity contribution is 5.84. The van der Waals surface area contributed by atoms with Gasteiger partial charge in [0.05, 0.1) is 7.11 Å². The summed E-state index contributed by atoms with van der Waals surface area (Å²) in [4.78, 5) is 12.1. The van der Waals surface area contributed by atoms with E-state index in [1.807, 2.05) is 0 Å². The topological polar surface area (TPSA) is 38.3 Å². The Morgan fingerprint density at radius 1 is 1.42 bits per heavy atom. The van der Waals surface area contributed by atoms with Crippen LogP contribution in [0.3, 0.4) is 0 Å². The second kappa shape index (κ2) is 5.59. The maximum absolute atomic E-state index is 12.9. The van der Waals surface area contributed by atoms with Gasteiger partial charge in [0.15, 0.2) is 0 Å². The van der Waals surface area contributed by atoms with Crippen LogP contribution in [0.15, 0.2) is 24.3 Å². The van der Waals surface area contributed by atoms with Gasteiger partial charge < -0.3 is 10.1 Å². The van der Waals surface area contributed by atoms with Crippen molar-refractivity contribution in [1.29, 1.82) is 0 Å². The molecule has 0 aliphatic heterocycles. The molecule has 1 aliphatic carbocycles. The molecule has 0 saturated heterocycles. The number of anilines is 1. The fraction of sp³-hybridized carbons (Fsp3) is 0.533. The molecule has 2 rings (SSSR count). The number of methoxy groups -OCH3 is 1. The van der Waals surface area contributed by atoms with Gasteiger partial charge in [0.2, 0.25) is 0 Å². The summed E-state index contributed by atoms with van der Waals surface area (Å²) in [6.07, 6.45) is 3.62. The zero-order valence-corrected chi connectivity index (χ0v) is 11.4. The largest absolute Gasteiger partial charge is 0.467 e. The minimum absolute atomic E-state index is 0.233. The molecule has 1 aliphatic rings. The Morgan fingerprint density at radius 2 is 2.11 bits per heavy atom. The molecule has 1 aromatic carbocycles. The fourth-order valence-electron chi connectivity index (χ4n) is 2.91. The van der Waals surface area contributed by atoms with E-state index in [0.29, 0.717) is 5.92 Å². The smallest absolute Gasteiger partial charge is 0.331 e. The normalized spacial score (nSPS) is 26.8. The molecule has 1 fully saturated rings. The van der Waals surface area contributed by atoms with Gasteiger partial charge in [-0.1, -0.05) is 19.8 Å². The zero-order chi connectivity index (χ0) is 13.9. The monoisotopic (exact) mass is 265 g/mol. The van der Waals surface area contributed by atoms with Crippen LogP contribution in [0, 0.1) is 11.7 Å². The van der Waals surface area contributed by atoms with Gasteiger partial charge in [0, 0.05) is 5.69 Å². The summed E-state index contributed by atoms with van der Waals surface area (Å²) in [5.74, 6) is -0.0427. The number of hydrogen-bond acceptors (Lipinski definition) is 3. The van der Waals surface area contributed by atoms with Crippen LogP contribution in [0.5, 0.6) is 0 Å². The third kappa shape index (κ3) is 3.06. The molecule has 104 valence electrons. The van der Waals surface area contributed by atoms with E-state index in [4.69, 9.17) is 4.74 Å². The maximum Gasteiger partial charge on any atom is 0.331 e. The predicted molar refractivity (Wildman–Crippen MR) is 72.4 cm³/mol. The molecule has 0 heterocycles. The Bertz CT molecular complexity index is 446. The summed E-state index contributed by atoms with van der Waals surface area (Å²) in [6, 6.07) is 6.08. The molecule has 19 heavy (non-hydrogen) atoms. The molecule has 2 unspecified atom stereocenters. The molecule has 2 atom stereocenters. The van der Waals surface area contributed by atoms with Crippen molar-refractivity contribution >= 4 is 11.7 Å². The van der Waals surface area contributed by atoms with Crippen molar-refractivity contribution in [3.8, 4) is 0 Å². The van der Waals surface area contributed by atoms with Gasteiger partial charge in [-0.25, -0.2) is 9.18 Å². The molecule has 0 spiro atoms. The van der Waals surface area contributed by atoms with E-state index in [1.54, 1.807) is 12.1 Å². The molecule has 0 amide bonds. The van der Waals surface area contributed by atoms with Crippen molar-refractivity contribution < 1.29 is 13.9 Å². The van der Waals surface area contributed by atoms with Crippen LogP contribution in [0.1, 0.15) is 32.6 Å². The van der Waals surface area contributed by atoms with Crippen LogP contribution >= 0.6 is 0 Å². The number of nitrogens with one attached hydrogen (secondary N) is 1. The minimum Gasteiger partial charge on any atom is -0.467 e. The number of ether oxygens (including phenoxy) is 1. The number of hydrogen-bond donors (Lipinski definition) is 1. The van der Waals surface area contributed by atoms with Crippen molar-refractivity contribution in [2.45, 2.75) is 38.1 Å².